The predicted octanol–water partition coefficient (Wildman–Crippen LogP) is 0.242. The molecule has 0 aromatic heterocycles. The molecule has 3 heterocycles. The largest absolute Gasteiger partial charge is 0.484 e. The van der Waals surface area contributed by atoms with Crippen LogP contribution in [-0.2, 0) is 30.0 Å². The summed E-state index contributed by atoms with van der Waals surface area (Å²) in [6.07, 6.45) is 0.770. The first kappa shape index (κ1) is 20.6. The summed E-state index contributed by atoms with van der Waals surface area (Å²) in [5.41, 5.74) is 0.126. The van der Waals surface area contributed by atoms with Crippen molar-refractivity contribution in [1.29, 1.82) is 0 Å². The Kier molecular flexibility index (Phi) is 5.65. The lowest BCUT2D eigenvalue weighted by Crippen LogP contribution is -2.74. The number of hydrogen-bond donors (Lipinski definition) is 2. The van der Waals surface area contributed by atoms with E-state index >= 15 is 0 Å². The molecule has 2 fully saturated rings. The van der Waals surface area contributed by atoms with Gasteiger partial charge in [-0.25, -0.2) is 4.79 Å². The van der Waals surface area contributed by atoms with Crippen LogP contribution >= 0.6 is 11.8 Å². The van der Waals surface area contributed by atoms with Crippen LogP contribution in [0, 0.1) is 0 Å². The van der Waals surface area contributed by atoms with Gasteiger partial charge in [0.2, 0.25) is 0 Å². The Morgan fingerprint density at radius 1 is 1.27 bits per heavy atom. The van der Waals surface area contributed by atoms with Gasteiger partial charge < -0.3 is 15.2 Å². The fraction of sp³-hybridized carbons (Fsp3) is 0.368. The second-order valence-corrected chi connectivity index (χ2v) is 9.76. The molecule has 158 valence electrons. The van der Waals surface area contributed by atoms with Gasteiger partial charge in [0.15, 0.2) is 11.7 Å². The molecule has 3 aliphatic rings. The molecule has 0 bridgehead atoms. The number of carbonyl (C=O) groups is 4. The number of ether oxygens (including phenoxy) is 1. The molecular formula is C19H18N2O7S2. The first-order valence-corrected chi connectivity index (χ1v) is 11.5. The third-order valence-corrected chi connectivity index (χ3v) is 7.95. The van der Waals surface area contributed by atoms with E-state index in [-0.39, 0.29) is 23.2 Å². The van der Waals surface area contributed by atoms with Crippen LogP contribution in [-0.4, -0.2) is 66.1 Å². The normalized spacial score (nSPS) is 28.1. The summed E-state index contributed by atoms with van der Waals surface area (Å²) < 4.78 is 18.1. The number of carbonyl (C=O) groups excluding carboxylic acids is 3. The van der Waals surface area contributed by atoms with Gasteiger partial charge in [0, 0.05) is 11.7 Å². The van der Waals surface area contributed by atoms with E-state index in [1.54, 1.807) is 30.3 Å². The highest BCUT2D eigenvalue weighted by Crippen LogP contribution is 2.42. The number of benzene rings is 1. The molecular weight excluding hydrogens is 432 g/mol. The molecule has 2 unspecified atom stereocenters. The van der Waals surface area contributed by atoms with Gasteiger partial charge in [-0.2, -0.15) is 0 Å². The molecule has 0 radical (unpaired) electrons. The smallest absolute Gasteiger partial charge is 0.352 e. The Labute approximate surface area is 178 Å². The predicted molar refractivity (Wildman–Crippen MR) is 108 cm³/mol. The zero-order valence-electron chi connectivity index (χ0n) is 15.6. The zero-order chi connectivity index (χ0) is 21.4. The van der Waals surface area contributed by atoms with Gasteiger partial charge in [-0.3, -0.25) is 23.5 Å². The Morgan fingerprint density at radius 3 is 2.63 bits per heavy atom. The maximum absolute atomic E-state index is 12.8. The van der Waals surface area contributed by atoms with Gasteiger partial charge >= 0.3 is 5.97 Å². The van der Waals surface area contributed by atoms with Crippen LogP contribution in [0.25, 0.3) is 0 Å². The van der Waals surface area contributed by atoms with Gasteiger partial charge in [-0.15, -0.1) is 0 Å². The number of nitrogens with one attached hydrogen (secondary N) is 1. The van der Waals surface area contributed by atoms with Crippen molar-refractivity contribution in [2.75, 3.05) is 12.4 Å². The molecule has 3 aliphatic heterocycles. The standard InChI is InChI=1S/C19H18N2O7S2/c22-13(8-28-10-4-2-1-3-5-10)20-15-17(24)21-16(19(25)26)11(9-30(27)18(15)21)12-6-7-14(23)29-12/h1-5,12,15,18H,6-9H2,(H,20,22)(H,25,26)/t12?,15-,18-,30?/m1/s1. The van der Waals surface area contributed by atoms with Crippen molar-refractivity contribution in [2.24, 2.45) is 0 Å². The van der Waals surface area contributed by atoms with E-state index < -0.39 is 45.2 Å². The number of rotatable bonds is 6. The molecule has 0 aliphatic carbocycles. The highest BCUT2D eigenvalue weighted by Gasteiger charge is 2.58. The number of thioether (sulfide) groups is 1. The number of aliphatic carboxylic acids is 1. The summed E-state index contributed by atoms with van der Waals surface area (Å²) in [7, 11) is -1.61. The van der Waals surface area contributed by atoms with E-state index in [0.29, 0.717) is 24.2 Å². The third kappa shape index (κ3) is 3.74. The van der Waals surface area contributed by atoms with E-state index in [1.807, 2.05) is 0 Å². The van der Waals surface area contributed by atoms with Gasteiger partial charge in [0.05, 0.1) is 16.6 Å². The maximum Gasteiger partial charge on any atom is 0.352 e. The van der Waals surface area contributed by atoms with E-state index in [2.05, 4.69) is 5.32 Å². The van der Waals surface area contributed by atoms with E-state index in [4.69, 9.17) is 4.74 Å². The van der Waals surface area contributed by atoms with Crippen molar-refractivity contribution in [3.63, 3.8) is 0 Å². The summed E-state index contributed by atoms with van der Waals surface area (Å²) in [6.45, 7) is -0.332. The SMILES string of the molecule is O=C(COc1ccccc1)N[C@@H]1C(=O)N2C(C(=O)O)=C(C3CCC(=O)S3)CS(=O)[C@H]12. The minimum atomic E-state index is -1.61. The number of para-hydroxylation sites is 1. The summed E-state index contributed by atoms with van der Waals surface area (Å²) in [4.78, 5) is 49.3. The second-order valence-electron chi connectivity index (χ2n) is 6.97. The number of hydrogen-bond acceptors (Lipinski definition) is 7. The monoisotopic (exact) mass is 450 g/mol. The minimum Gasteiger partial charge on any atom is -0.484 e. The Morgan fingerprint density at radius 2 is 2.00 bits per heavy atom. The van der Waals surface area contributed by atoms with Crippen LogP contribution in [0.2, 0.25) is 0 Å². The highest BCUT2D eigenvalue weighted by molar-refractivity contribution is 8.14. The number of fused-ring (bicyclic) bond motifs is 1. The van der Waals surface area contributed by atoms with Crippen molar-refractivity contribution >= 4 is 45.5 Å². The lowest BCUT2D eigenvalue weighted by atomic mass is 10.00. The van der Waals surface area contributed by atoms with Gasteiger partial charge in [-0.1, -0.05) is 30.0 Å². The minimum absolute atomic E-state index is 0.0477. The van der Waals surface area contributed by atoms with Crippen molar-refractivity contribution in [2.45, 2.75) is 29.5 Å². The molecule has 4 atom stereocenters. The van der Waals surface area contributed by atoms with Crippen molar-refractivity contribution in [1.82, 2.24) is 10.2 Å². The Bertz CT molecular complexity index is 978. The number of carboxylic acids is 1. The number of β-lactam (4-membered cyclic amide) rings is 1. The quantitative estimate of drug-likeness (QED) is 0.590. The fourth-order valence-electron chi connectivity index (χ4n) is 3.70. The summed E-state index contributed by atoms with van der Waals surface area (Å²) >= 11 is 1.02. The topological polar surface area (TPSA) is 130 Å². The second kappa shape index (κ2) is 8.23. The Hall–Kier alpha value is -2.66. The number of carboxylic acid groups (broad SMARTS) is 1. The lowest BCUT2D eigenvalue weighted by molar-refractivity contribution is -0.151. The van der Waals surface area contributed by atoms with Crippen LogP contribution < -0.4 is 10.1 Å². The summed E-state index contributed by atoms with van der Waals surface area (Å²) in [6, 6.07) is 7.58. The molecule has 0 spiro atoms. The number of amides is 2. The average Bonchev–Trinajstić information content (AvgIpc) is 3.16. The van der Waals surface area contributed by atoms with E-state index in [9.17, 15) is 28.5 Å². The molecule has 11 heteroatoms. The lowest BCUT2D eigenvalue weighted by Gasteiger charge is -2.49. The summed E-state index contributed by atoms with van der Waals surface area (Å²) in [5, 5.41) is 10.8. The van der Waals surface area contributed by atoms with E-state index in [1.165, 1.54) is 0 Å². The van der Waals surface area contributed by atoms with Crippen LogP contribution in [0.4, 0.5) is 0 Å². The average molecular weight is 450 g/mol. The van der Waals surface area contributed by atoms with Gasteiger partial charge in [0.1, 0.15) is 22.9 Å². The molecule has 1 aromatic carbocycles. The van der Waals surface area contributed by atoms with Crippen LogP contribution in [0.1, 0.15) is 12.8 Å². The van der Waals surface area contributed by atoms with Crippen LogP contribution in [0.5, 0.6) is 5.75 Å². The molecule has 1 aromatic rings. The molecule has 2 amide bonds. The van der Waals surface area contributed by atoms with Gasteiger partial charge in [0.25, 0.3) is 11.8 Å². The van der Waals surface area contributed by atoms with Crippen molar-refractivity contribution in [3.05, 3.63) is 41.6 Å². The maximum atomic E-state index is 12.8. The zero-order valence-corrected chi connectivity index (χ0v) is 17.2. The molecule has 30 heavy (non-hydrogen) atoms. The summed E-state index contributed by atoms with van der Waals surface area (Å²) in [5.74, 6) is -2.08. The molecule has 4 rings (SSSR count). The molecule has 9 nitrogen and oxygen atoms in total. The number of nitrogens with zero attached hydrogens (tertiary/aromatic N) is 1. The first-order valence-electron chi connectivity index (χ1n) is 9.20. The van der Waals surface area contributed by atoms with Crippen LogP contribution in [0.3, 0.4) is 0 Å². The van der Waals surface area contributed by atoms with E-state index in [0.717, 1.165) is 16.7 Å². The third-order valence-electron chi connectivity index (χ3n) is 5.06. The molecule has 2 N–H and O–H groups in total. The fourth-order valence-corrected chi connectivity index (χ4v) is 6.68. The molecule has 2 saturated heterocycles. The first-order chi connectivity index (χ1) is 14.4. The Balaban J connectivity index is 1.47. The highest BCUT2D eigenvalue weighted by atomic mass is 32.2. The molecule has 0 saturated carbocycles. The van der Waals surface area contributed by atoms with Crippen molar-refractivity contribution in [3.8, 4) is 5.75 Å². The van der Waals surface area contributed by atoms with Crippen molar-refractivity contribution < 1.29 is 33.2 Å². The van der Waals surface area contributed by atoms with Crippen LogP contribution in [0.15, 0.2) is 41.6 Å². The van der Waals surface area contributed by atoms with Gasteiger partial charge in [-0.05, 0) is 24.1 Å².